The Bertz CT molecular complexity index is 952. The van der Waals surface area contributed by atoms with Crippen molar-refractivity contribution in [2.24, 2.45) is 5.14 Å². The van der Waals surface area contributed by atoms with Crippen LogP contribution in [0.3, 0.4) is 0 Å². The average molecular weight is 418 g/mol. The van der Waals surface area contributed by atoms with Crippen LogP contribution in [-0.4, -0.2) is 40.6 Å². The molecule has 0 aliphatic carbocycles. The van der Waals surface area contributed by atoms with Gasteiger partial charge in [-0.1, -0.05) is 25.5 Å². The van der Waals surface area contributed by atoms with Gasteiger partial charge in [-0.05, 0) is 48.7 Å². The molecule has 0 aromatic heterocycles. The smallest absolute Gasteiger partial charge is 0.257 e. The van der Waals surface area contributed by atoms with Gasteiger partial charge < -0.3 is 15.0 Å². The van der Waals surface area contributed by atoms with Crippen LogP contribution in [0.4, 0.5) is 11.4 Å². The molecule has 3 N–H and O–H groups in total. The molecule has 1 saturated heterocycles. The molecule has 1 aliphatic rings. The SMILES string of the molecule is CCCCc1ccc(NC(=O)c2cc(S(N)(=O)=O)ccc2N2CCOCC2)cc1. The third-order valence-electron chi connectivity index (χ3n) is 4.92. The fraction of sp³-hybridized carbons (Fsp3) is 0.381. The van der Waals surface area contributed by atoms with Gasteiger partial charge in [0, 0.05) is 24.5 Å². The maximum Gasteiger partial charge on any atom is 0.257 e. The molecule has 1 aliphatic heterocycles. The van der Waals surface area contributed by atoms with Crippen molar-refractivity contribution in [3.05, 3.63) is 53.6 Å². The van der Waals surface area contributed by atoms with Crippen LogP contribution in [0, 0.1) is 0 Å². The summed E-state index contributed by atoms with van der Waals surface area (Å²) in [5.41, 5.74) is 2.81. The van der Waals surface area contributed by atoms with Gasteiger partial charge in [0.2, 0.25) is 10.0 Å². The lowest BCUT2D eigenvalue weighted by molar-refractivity contribution is 0.102. The predicted molar refractivity (Wildman–Crippen MR) is 114 cm³/mol. The molecule has 0 atom stereocenters. The number of ether oxygens (including phenoxy) is 1. The van der Waals surface area contributed by atoms with Crippen molar-refractivity contribution in [2.75, 3.05) is 36.5 Å². The van der Waals surface area contributed by atoms with E-state index in [4.69, 9.17) is 9.88 Å². The third kappa shape index (κ3) is 5.56. The van der Waals surface area contributed by atoms with Crippen molar-refractivity contribution >= 4 is 27.3 Å². The molecule has 0 saturated carbocycles. The minimum absolute atomic E-state index is 0.0884. The topological polar surface area (TPSA) is 102 Å². The molecule has 1 fully saturated rings. The zero-order valence-corrected chi connectivity index (χ0v) is 17.4. The molecular weight excluding hydrogens is 390 g/mol. The van der Waals surface area contributed by atoms with Crippen LogP contribution in [0.1, 0.15) is 35.7 Å². The van der Waals surface area contributed by atoms with Crippen molar-refractivity contribution in [1.29, 1.82) is 0 Å². The largest absolute Gasteiger partial charge is 0.378 e. The van der Waals surface area contributed by atoms with Crippen LogP contribution in [0.25, 0.3) is 0 Å². The van der Waals surface area contributed by atoms with Crippen LogP contribution < -0.4 is 15.4 Å². The van der Waals surface area contributed by atoms with E-state index in [1.165, 1.54) is 17.7 Å². The number of carbonyl (C=O) groups is 1. The van der Waals surface area contributed by atoms with Crippen molar-refractivity contribution < 1.29 is 17.9 Å². The number of anilines is 2. The second-order valence-corrected chi connectivity index (χ2v) is 8.64. The fourth-order valence-corrected chi connectivity index (χ4v) is 3.83. The first kappa shape index (κ1) is 21.3. The lowest BCUT2D eigenvalue weighted by Crippen LogP contribution is -2.37. The van der Waals surface area contributed by atoms with Gasteiger partial charge >= 0.3 is 0 Å². The summed E-state index contributed by atoms with van der Waals surface area (Å²) in [6.07, 6.45) is 3.25. The molecule has 1 amide bonds. The van der Waals surface area contributed by atoms with Crippen molar-refractivity contribution in [3.63, 3.8) is 0 Å². The molecule has 29 heavy (non-hydrogen) atoms. The summed E-state index contributed by atoms with van der Waals surface area (Å²) < 4.78 is 29.0. The highest BCUT2D eigenvalue weighted by Crippen LogP contribution is 2.26. The second-order valence-electron chi connectivity index (χ2n) is 7.08. The van der Waals surface area contributed by atoms with Crippen LogP contribution >= 0.6 is 0 Å². The normalized spacial score (nSPS) is 14.6. The first-order valence-corrected chi connectivity index (χ1v) is 11.3. The second kappa shape index (κ2) is 9.39. The van der Waals surface area contributed by atoms with E-state index in [1.807, 2.05) is 29.2 Å². The highest BCUT2D eigenvalue weighted by Gasteiger charge is 2.22. The van der Waals surface area contributed by atoms with Crippen LogP contribution in [-0.2, 0) is 21.2 Å². The Morgan fingerprint density at radius 2 is 1.83 bits per heavy atom. The number of nitrogens with zero attached hydrogens (tertiary/aromatic N) is 1. The summed E-state index contributed by atoms with van der Waals surface area (Å²) >= 11 is 0. The standard InChI is InChI=1S/C21H27N3O4S/c1-2-3-4-16-5-7-17(8-6-16)23-21(25)19-15-18(29(22,26)27)9-10-20(19)24-11-13-28-14-12-24/h5-10,15H,2-4,11-14H2,1H3,(H,23,25)(H2,22,26,27). The maximum absolute atomic E-state index is 13.0. The number of nitrogens with one attached hydrogen (secondary N) is 1. The molecule has 0 spiro atoms. The van der Waals surface area contributed by atoms with Gasteiger partial charge in [-0.15, -0.1) is 0 Å². The van der Waals surface area contributed by atoms with Gasteiger partial charge in [0.25, 0.3) is 5.91 Å². The van der Waals surface area contributed by atoms with E-state index in [-0.39, 0.29) is 16.4 Å². The first-order chi connectivity index (χ1) is 13.9. The average Bonchev–Trinajstić information content (AvgIpc) is 2.73. The van der Waals surface area contributed by atoms with E-state index in [0.29, 0.717) is 37.7 Å². The Labute approximate surface area is 171 Å². The lowest BCUT2D eigenvalue weighted by Gasteiger charge is -2.30. The van der Waals surface area contributed by atoms with E-state index in [1.54, 1.807) is 6.07 Å². The number of rotatable bonds is 7. The van der Waals surface area contributed by atoms with Gasteiger partial charge in [0.15, 0.2) is 0 Å². The minimum atomic E-state index is -3.92. The Hall–Kier alpha value is -2.42. The molecule has 0 radical (unpaired) electrons. The number of morpholine rings is 1. The molecule has 3 rings (SSSR count). The molecule has 2 aromatic rings. The van der Waals surface area contributed by atoms with E-state index >= 15 is 0 Å². The zero-order valence-electron chi connectivity index (χ0n) is 16.6. The summed E-state index contributed by atoms with van der Waals surface area (Å²) in [7, 11) is -3.92. The number of nitrogens with two attached hydrogens (primary N) is 1. The number of unbranched alkanes of at least 4 members (excludes halogenated alkanes) is 1. The van der Waals surface area contributed by atoms with E-state index in [9.17, 15) is 13.2 Å². The molecule has 2 aromatic carbocycles. The molecular formula is C21H27N3O4S. The maximum atomic E-state index is 13.0. The van der Waals surface area contributed by atoms with Gasteiger partial charge in [-0.2, -0.15) is 0 Å². The summed E-state index contributed by atoms with van der Waals surface area (Å²) in [6, 6.07) is 12.1. The van der Waals surface area contributed by atoms with Gasteiger partial charge in [0.1, 0.15) is 0 Å². The van der Waals surface area contributed by atoms with E-state index in [2.05, 4.69) is 12.2 Å². The monoisotopic (exact) mass is 417 g/mol. The number of sulfonamides is 1. The van der Waals surface area contributed by atoms with E-state index in [0.717, 1.165) is 19.3 Å². The third-order valence-corrected chi connectivity index (χ3v) is 5.83. The highest BCUT2D eigenvalue weighted by atomic mass is 32.2. The Morgan fingerprint density at radius 1 is 1.14 bits per heavy atom. The molecule has 0 unspecified atom stereocenters. The lowest BCUT2D eigenvalue weighted by atomic mass is 10.1. The zero-order chi connectivity index (χ0) is 20.9. The summed E-state index contributed by atoms with van der Waals surface area (Å²) in [5, 5.41) is 8.14. The molecule has 1 heterocycles. The number of benzene rings is 2. The summed E-state index contributed by atoms with van der Waals surface area (Å²) in [5.74, 6) is -0.377. The van der Waals surface area contributed by atoms with Crippen LogP contribution in [0.2, 0.25) is 0 Å². The van der Waals surface area contributed by atoms with Crippen LogP contribution in [0.15, 0.2) is 47.4 Å². The minimum Gasteiger partial charge on any atom is -0.378 e. The Kier molecular flexibility index (Phi) is 6.89. The molecule has 0 bridgehead atoms. The van der Waals surface area contributed by atoms with Gasteiger partial charge in [0.05, 0.1) is 23.7 Å². The highest BCUT2D eigenvalue weighted by molar-refractivity contribution is 7.89. The molecule has 156 valence electrons. The number of carbonyl (C=O) groups excluding carboxylic acids is 1. The Morgan fingerprint density at radius 3 is 2.45 bits per heavy atom. The van der Waals surface area contributed by atoms with Crippen molar-refractivity contribution in [1.82, 2.24) is 0 Å². The summed E-state index contributed by atoms with van der Waals surface area (Å²) in [4.78, 5) is 14.9. The molecule has 7 nitrogen and oxygen atoms in total. The molecule has 8 heteroatoms. The quantitative estimate of drug-likeness (QED) is 0.721. The number of primary sulfonamides is 1. The summed E-state index contributed by atoms with van der Waals surface area (Å²) in [6.45, 7) is 4.51. The van der Waals surface area contributed by atoms with Gasteiger partial charge in [-0.3, -0.25) is 4.79 Å². The predicted octanol–water partition coefficient (Wildman–Crippen LogP) is 2.77. The van der Waals surface area contributed by atoms with Crippen LogP contribution in [0.5, 0.6) is 0 Å². The Balaban J connectivity index is 1.86. The fourth-order valence-electron chi connectivity index (χ4n) is 3.29. The number of amides is 1. The number of aryl methyl sites for hydroxylation is 1. The van der Waals surface area contributed by atoms with Gasteiger partial charge in [-0.25, -0.2) is 13.6 Å². The van der Waals surface area contributed by atoms with Crippen molar-refractivity contribution in [3.8, 4) is 0 Å². The number of hydrogen-bond acceptors (Lipinski definition) is 5. The van der Waals surface area contributed by atoms with Crippen molar-refractivity contribution in [2.45, 2.75) is 31.1 Å². The number of hydrogen-bond donors (Lipinski definition) is 2. The first-order valence-electron chi connectivity index (χ1n) is 9.78. The van der Waals surface area contributed by atoms with E-state index < -0.39 is 10.0 Å².